The van der Waals surface area contributed by atoms with Crippen molar-refractivity contribution in [2.24, 2.45) is 0 Å². The molecule has 1 amide bonds. The van der Waals surface area contributed by atoms with Gasteiger partial charge in [-0.25, -0.2) is 0 Å². The Kier molecular flexibility index (Phi) is 3.96. The van der Waals surface area contributed by atoms with Crippen molar-refractivity contribution in [3.05, 3.63) is 40.9 Å². The van der Waals surface area contributed by atoms with Crippen molar-refractivity contribution in [1.82, 2.24) is 0 Å². The summed E-state index contributed by atoms with van der Waals surface area (Å²) in [4.78, 5) is 14.6. The molecule has 3 heteroatoms. The quantitative estimate of drug-likeness (QED) is 0.641. The maximum absolute atomic E-state index is 12.6. The monoisotopic (exact) mass is 347 g/mol. The summed E-state index contributed by atoms with van der Waals surface area (Å²) in [5, 5.41) is 0. The van der Waals surface area contributed by atoms with Crippen LogP contribution < -0.4 is 4.90 Å². The van der Waals surface area contributed by atoms with Gasteiger partial charge in [0.15, 0.2) is 0 Å². The Balaban J connectivity index is 2.14. The smallest absolute Gasteiger partial charge is 0.250 e. The minimum Gasteiger partial charge on any atom is -0.302 e. The van der Waals surface area contributed by atoms with Gasteiger partial charge in [-0.15, -0.1) is 0 Å². The molecule has 1 aliphatic carbocycles. The van der Waals surface area contributed by atoms with Gasteiger partial charge in [0.1, 0.15) is 0 Å². The van der Waals surface area contributed by atoms with Gasteiger partial charge in [0.2, 0.25) is 0 Å². The van der Waals surface area contributed by atoms with Crippen molar-refractivity contribution in [1.29, 1.82) is 0 Å². The molecule has 3 rings (SSSR count). The lowest BCUT2D eigenvalue weighted by atomic mass is 9.70. The predicted molar refractivity (Wildman–Crippen MR) is 90.7 cm³/mol. The second-order valence-electron chi connectivity index (χ2n) is 6.47. The number of benzene rings is 1. The normalized spacial score (nSPS) is 23.7. The summed E-state index contributed by atoms with van der Waals surface area (Å²) in [6.45, 7) is 6.01. The van der Waals surface area contributed by atoms with Crippen LogP contribution in [0.2, 0.25) is 0 Å². The zero-order valence-electron chi connectivity index (χ0n) is 12.6. The van der Waals surface area contributed by atoms with Gasteiger partial charge in [-0.1, -0.05) is 48.7 Å². The van der Waals surface area contributed by atoms with Gasteiger partial charge in [0, 0.05) is 15.7 Å². The van der Waals surface area contributed by atoms with E-state index in [9.17, 15) is 4.79 Å². The maximum Gasteiger partial charge on any atom is 0.250 e. The number of carbonyl (C=O) groups is 1. The summed E-state index contributed by atoms with van der Waals surface area (Å²) in [7, 11) is 0. The summed E-state index contributed by atoms with van der Waals surface area (Å²) in [6, 6.07) is 6.29. The van der Waals surface area contributed by atoms with E-state index in [4.69, 9.17) is 0 Å². The average molecular weight is 348 g/mol. The van der Waals surface area contributed by atoms with E-state index < -0.39 is 0 Å². The van der Waals surface area contributed by atoms with Gasteiger partial charge in [-0.3, -0.25) is 4.79 Å². The van der Waals surface area contributed by atoms with E-state index in [1.54, 1.807) is 0 Å². The van der Waals surface area contributed by atoms with E-state index in [0.29, 0.717) is 5.92 Å². The first-order valence-corrected chi connectivity index (χ1v) is 8.63. The van der Waals surface area contributed by atoms with E-state index in [1.807, 2.05) is 6.07 Å². The van der Waals surface area contributed by atoms with Crippen molar-refractivity contribution in [3.63, 3.8) is 0 Å². The number of nitrogens with zero attached hydrogens (tertiary/aromatic N) is 1. The number of hydrogen-bond acceptors (Lipinski definition) is 1. The van der Waals surface area contributed by atoms with Crippen molar-refractivity contribution in [3.8, 4) is 0 Å². The molecule has 21 heavy (non-hydrogen) atoms. The third-order valence-corrected chi connectivity index (χ3v) is 5.59. The van der Waals surface area contributed by atoms with Crippen molar-refractivity contribution < 1.29 is 4.79 Å². The maximum atomic E-state index is 12.6. The summed E-state index contributed by atoms with van der Waals surface area (Å²) in [6.07, 6.45) is 8.51. The molecule has 0 saturated heterocycles. The highest BCUT2D eigenvalue weighted by Crippen LogP contribution is 2.50. The molecule has 1 atom stereocenters. The number of rotatable bonds is 1. The van der Waals surface area contributed by atoms with Gasteiger partial charge in [0.05, 0.1) is 0 Å². The van der Waals surface area contributed by atoms with Crippen LogP contribution in [0.3, 0.4) is 0 Å². The standard InChI is InChI=1S/C18H22BrNO/c1-3-17(21)20-16-8-7-14(19)11-15(16)13(2)12-18(20)9-5-4-6-10-18/h3,7-8,11,13H,1,4-6,9-10,12H2,2H3. The lowest BCUT2D eigenvalue weighted by Gasteiger charge is -2.51. The Hall–Kier alpha value is -1.09. The molecule has 112 valence electrons. The second kappa shape index (κ2) is 5.60. The topological polar surface area (TPSA) is 20.3 Å². The number of amides is 1. The molecule has 0 N–H and O–H groups in total. The SMILES string of the molecule is C=CC(=O)N1c2ccc(Br)cc2C(C)CC12CCCCC2. The number of hydrogen-bond donors (Lipinski definition) is 0. The van der Waals surface area contributed by atoms with Crippen LogP contribution in [-0.4, -0.2) is 11.4 Å². The van der Waals surface area contributed by atoms with Crippen molar-refractivity contribution in [2.75, 3.05) is 4.90 Å². The van der Waals surface area contributed by atoms with Crippen LogP contribution in [0.25, 0.3) is 0 Å². The Bertz CT molecular complexity index is 575. The van der Waals surface area contributed by atoms with Crippen molar-refractivity contribution >= 4 is 27.5 Å². The van der Waals surface area contributed by atoms with Crippen LogP contribution in [0.4, 0.5) is 5.69 Å². The first kappa shape index (κ1) is 14.8. The summed E-state index contributed by atoms with van der Waals surface area (Å²) in [5.41, 5.74) is 2.36. The zero-order chi connectivity index (χ0) is 15.0. The first-order valence-electron chi connectivity index (χ1n) is 7.83. The highest BCUT2D eigenvalue weighted by atomic mass is 79.9. The van der Waals surface area contributed by atoms with E-state index >= 15 is 0 Å². The predicted octanol–water partition coefficient (Wildman–Crippen LogP) is 5.18. The first-order chi connectivity index (χ1) is 10.1. The summed E-state index contributed by atoms with van der Waals surface area (Å²) < 4.78 is 1.08. The summed E-state index contributed by atoms with van der Waals surface area (Å²) in [5.74, 6) is 0.539. The Morgan fingerprint density at radius 2 is 2.10 bits per heavy atom. The fraction of sp³-hybridized carbons (Fsp3) is 0.500. The highest BCUT2D eigenvalue weighted by molar-refractivity contribution is 9.10. The number of carbonyl (C=O) groups excluding carboxylic acids is 1. The van der Waals surface area contributed by atoms with E-state index in [0.717, 1.165) is 29.4 Å². The Morgan fingerprint density at radius 3 is 2.76 bits per heavy atom. The minimum absolute atomic E-state index is 0.00374. The summed E-state index contributed by atoms with van der Waals surface area (Å²) >= 11 is 3.56. The van der Waals surface area contributed by atoms with Gasteiger partial charge in [-0.05, 0) is 55.0 Å². The molecule has 1 saturated carbocycles. The zero-order valence-corrected chi connectivity index (χ0v) is 14.2. The third kappa shape index (κ3) is 2.46. The largest absolute Gasteiger partial charge is 0.302 e. The Labute approximate surface area is 135 Å². The van der Waals surface area contributed by atoms with Gasteiger partial charge >= 0.3 is 0 Å². The van der Waals surface area contributed by atoms with Crippen LogP contribution in [0.5, 0.6) is 0 Å². The number of halogens is 1. The van der Waals surface area contributed by atoms with Gasteiger partial charge < -0.3 is 4.90 Å². The molecule has 1 aromatic rings. The van der Waals surface area contributed by atoms with Crippen LogP contribution in [0.15, 0.2) is 35.3 Å². The molecule has 1 spiro atoms. The van der Waals surface area contributed by atoms with Gasteiger partial charge in [-0.2, -0.15) is 0 Å². The minimum atomic E-state index is 0.00374. The molecule has 0 radical (unpaired) electrons. The van der Waals surface area contributed by atoms with Crippen LogP contribution >= 0.6 is 15.9 Å². The molecule has 0 bridgehead atoms. The van der Waals surface area contributed by atoms with Crippen LogP contribution in [-0.2, 0) is 4.79 Å². The second-order valence-corrected chi connectivity index (χ2v) is 7.39. The molecular weight excluding hydrogens is 326 g/mol. The highest BCUT2D eigenvalue weighted by Gasteiger charge is 2.46. The molecular formula is C18H22BrNO. The fourth-order valence-electron chi connectivity index (χ4n) is 4.23. The van der Waals surface area contributed by atoms with Crippen molar-refractivity contribution in [2.45, 2.75) is 56.9 Å². The molecule has 1 aromatic carbocycles. The molecule has 1 fully saturated rings. The number of fused-ring (bicyclic) bond motifs is 1. The third-order valence-electron chi connectivity index (χ3n) is 5.10. The molecule has 2 nitrogen and oxygen atoms in total. The lowest BCUT2D eigenvalue weighted by molar-refractivity contribution is -0.115. The molecule has 1 heterocycles. The van der Waals surface area contributed by atoms with E-state index in [2.05, 4.69) is 46.5 Å². The van der Waals surface area contributed by atoms with Crippen LogP contribution in [0, 0.1) is 0 Å². The average Bonchev–Trinajstić information content (AvgIpc) is 2.48. The lowest BCUT2D eigenvalue weighted by Crippen LogP contribution is -2.56. The van der Waals surface area contributed by atoms with E-state index in [-0.39, 0.29) is 11.4 Å². The molecule has 1 unspecified atom stereocenters. The van der Waals surface area contributed by atoms with Gasteiger partial charge in [0.25, 0.3) is 5.91 Å². The molecule has 2 aliphatic rings. The fourth-order valence-corrected chi connectivity index (χ4v) is 4.61. The Morgan fingerprint density at radius 1 is 1.38 bits per heavy atom. The van der Waals surface area contributed by atoms with Crippen LogP contribution in [0.1, 0.15) is 56.9 Å². The van der Waals surface area contributed by atoms with E-state index in [1.165, 1.54) is 30.9 Å². The number of anilines is 1. The molecule has 0 aromatic heterocycles. The molecule has 1 aliphatic heterocycles.